The summed E-state index contributed by atoms with van der Waals surface area (Å²) in [6.45, 7) is 0.700. The molecule has 1 aromatic rings. The minimum Gasteiger partial charge on any atom is -0.315 e. The van der Waals surface area contributed by atoms with Gasteiger partial charge in [0, 0.05) is 11.6 Å². The smallest absolute Gasteiger partial charge is 0.315 e. The highest BCUT2D eigenvalue weighted by molar-refractivity contribution is 6.30. The third kappa shape index (κ3) is 2.52. The van der Waals surface area contributed by atoms with Crippen molar-refractivity contribution in [2.75, 3.05) is 13.1 Å². The zero-order valence-electron chi connectivity index (χ0n) is 8.57. The number of benzene rings is 1. The van der Waals surface area contributed by atoms with Crippen LogP contribution in [0.1, 0.15) is 5.56 Å². The Kier molecular flexibility index (Phi) is 3.10. The minimum atomic E-state index is -0.307. The van der Waals surface area contributed by atoms with Crippen molar-refractivity contribution >= 4 is 23.5 Å². The van der Waals surface area contributed by atoms with Crippen LogP contribution in [0, 0.1) is 0 Å². The van der Waals surface area contributed by atoms with Gasteiger partial charge in [-0.15, -0.1) is 0 Å². The molecule has 5 heteroatoms. The fourth-order valence-corrected chi connectivity index (χ4v) is 1.70. The van der Waals surface area contributed by atoms with E-state index in [4.69, 9.17) is 11.6 Å². The molecule has 0 unspecified atom stereocenters. The lowest BCUT2D eigenvalue weighted by Crippen LogP contribution is -2.30. The third-order valence-corrected chi connectivity index (χ3v) is 2.70. The zero-order valence-corrected chi connectivity index (χ0v) is 9.33. The van der Waals surface area contributed by atoms with E-state index in [9.17, 15) is 9.59 Å². The molecule has 4 nitrogen and oxygen atoms in total. The van der Waals surface area contributed by atoms with Gasteiger partial charge < -0.3 is 4.90 Å². The summed E-state index contributed by atoms with van der Waals surface area (Å²) in [5, 5.41) is 2.93. The topological polar surface area (TPSA) is 49.4 Å². The molecule has 1 heterocycles. The van der Waals surface area contributed by atoms with Crippen molar-refractivity contribution in [2.45, 2.75) is 6.42 Å². The average Bonchev–Trinajstić information content (AvgIpc) is 2.57. The zero-order chi connectivity index (χ0) is 11.5. The van der Waals surface area contributed by atoms with E-state index < -0.39 is 0 Å². The summed E-state index contributed by atoms with van der Waals surface area (Å²) < 4.78 is 0. The molecular weight excluding hydrogens is 228 g/mol. The van der Waals surface area contributed by atoms with Crippen LogP contribution in [0.4, 0.5) is 4.79 Å². The number of rotatable bonds is 3. The number of hydrogen-bond donors (Lipinski definition) is 1. The van der Waals surface area contributed by atoms with Crippen LogP contribution in [-0.2, 0) is 11.2 Å². The fraction of sp³-hybridized carbons (Fsp3) is 0.273. The quantitative estimate of drug-likeness (QED) is 0.810. The van der Waals surface area contributed by atoms with E-state index in [0.29, 0.717) is 11.6 Å². The van der Waals surface area contributed by atoms with Crippen LogP contribution in [0.5, 0.6) is 0 Å². The Labute approximate surface area is 98.2 Å². The summed E-state index contributed by atoms with van der Waals surface area (Å²) in [5.74, 6) is -0.235. The normalized spacial score (nSPS) is 15.4. The fourth-order valence-electron chi connectivity index (χ4n) is 1.58. The molecule has 0 radical (unpaired) electrons. The van der Waals surface area contributed by atoms with Gasteiger partial charge >= 0.3 is 6.03 Å². The van der Waals surface area contributed by atoms with Gasteiger partial charge in [-0.3, -0.25) is 10.1 Å². The molecule has 0 saturated carbocycles. The first kappa shape index (κ1) is 11.0. The van der Waals surface area contributed by atoms with E-state index in [2.05, 4.69) is 5.32 Å². The van der Waals surface area contributed by atoms with Gasteiger partial charge in [0.25, 0.3) is 0 Å². The average molecular weight is 239 g/mol. The maximum absolute atomic E-state index is 11.2. The van der Waals surface area contributed by atoms with E-state index in [-0.39, 0.29) is 18.5 Å². The highest BCUT2D eigenvalue weighted by atomic mass is 35.5. The summed E-state index contributed by atoms with van der Waals surface area (Å²) in [7, 11) is 0. The Hall–Kier alpha value is -1.55. The molecule has 84 valence electrons. The Morgan fingerprint density at radius 3 is 2.50 bits per heavy atom. The highest BCUT2D eigenvalue weighted by Gasteiger charge is 2.25. The first-order valence-electron chi connectivity index (χ1n) is 4.98. The lowest BCUT2D eigenvalue weighted by molar-refractivity contribution is -0.118. The van der Waals surface area contributed by atoms with Crippen LogP contribution in [0.3, 0.4) is 0 Å². The van der Waals surface area contributed by atoms with Gasteiger partial charge in [0.2, 0.25) is 5.91 Å². The van der Waals surface area contributed by atoms with E-state index >= 15 is 0 Å². The van der Waals surface area contributed by atoms with Crippen molar-refractivity contribution in [3.05, 3.63) is 34.9 Å². The number of urea groups is 1. The van der Waals surface area contributed by atoms with Gasteiger partial charge in [0.15, 0.2) is 0 Å². The van der Waals surface area contributed by atoms with Gasteiger partial charge in [0.1, 0.15) is 6.54 Å². The first-order valence-corrected chi connectivity index (χ1v) is 5.36. The van der Waals surface area contributed by atoms with Crippen LogP contribution < -0.4 is 5.32 Å². The third-order valence-electron chi connectivity index (χ3n) is 2.45. The van der Waals surface area contributed by atoms with Crippen molar-refractivity contribution in [1.29, 1.82) is 0 Å². The standard InChI is InChI=1S/C11H11ClN2O2/c12-9-3-1-8(2-4-9)5-6-14-7-10(15)13-11(14)16/h1-4H,5-7H2,(H,13,15,16). The molecule has 0 atom stereocenters. The van der Waals surface area contributed by atoms with E-state index in [0.717, 1.165) is 12.0 Å². The van der Waals surface area contributed by atoms with Crippen molar-refractivity contribution in [2.24, 2.45) is 0 Å². The lowest BCUT2D eigenvalue weighted by atomic mass is 10.1. The van der Waals surface area contributed by atoms with Crippen LogP contribution in [0.25, 0.3) is 0 Å². The molecule has 1 fully saturated rings. The SMILES string of the molecule is O=C1CN(CCc2ccc(Cl)cc2)C(=O)N1. The summed E-state index contributed by atoms with van der Waals surface area (Å²) >= 11 is 5.76. The van der Waals surface area contributed by atoms with Gasteiger partial charge in [-0.1, -0.05) is 23.7 Å². The molecule has 3 amide bonds. The van der Waals surface area contributed by atoms with Gasteiger partial charge in [-0.2, -0.15) is 0 Å². The van der Waals surface area contributed by atoms with Crippen LogP contribution in [-0.4, -0.2) is 29.9 Å². The number of imide groups is 1. The number of hydrogen-bond acceptors (Lipinski definition) is 2. The van der Waals surface area contributed by atoms with Crippen molar-refractivity contribution in [3.63, 3.8) is 0 Å². The molecular formula is C11H11ClN2O2. The van der Waals surface area contributed by atoms with Gasteiger partial charge in [-0.25, -0.2) is 4.79 Å². The van der Waals surface area contributed by atoms with Gasteiger partial charge in [0.05, 0.1) is 0 Å². The number of carbonyl (C=O) groups is 2. The second-order valence-electron chi connectivity index (χ2n) is 3.65. The predicted molar refractivity (Wildman–Crippen MR) is 60.3 cm³/mol. The molecule has 0 aromatic heterocycles. The predicted octanol–water partition coefficient (Wildman–Crippen LogP) is 1.43. The molecule has 0 spiro atoms. The molecule has 0 bridgehead atoms. The summed E-state index contributed by atoms with van der Waals surface area (Å²) in [6, 6.07) is 7.15. The lowest BCUT2D eigenvalue weighted by Gasteiger charge is -2.12. The first-order chi connectivity index (χ1) is 7.65. The monoisotopic (exact) mass is 238 g/mol. The van der Waals surface area contributed by atoms with E-state index in [1.54, 1.807) is 0 Å². The van der Waals surface area contributed by atoms with Crippen molar-refractivity contribution in [1.82, 2.24) is 10.2 Å². The molecule has 16 heavy (non-hydrogen) atoms. The number of halogens is 1. The molecule has 1 aromatic carbocycles. The minimum absolute atomic E-state index is 0.159. The molecule has 1 aliphatic heterocycles. The van der Waals surface area contributed by atoms with Crippen LogP contribution in [0.2, 0.25) is 5.02 Å². The Morgan fingerprint density at radius 2 is 1.94 bits per heavy atom. The van der Waals surface area contributed by atoms with Crippen LogP contribution >= 0.6 is 11.6 Å². The second kappa shape index (κ2) is 4.53. The maximum atomic E-state index is 11.2. The number of nitrogens with one attached hydrogen (secondary N) is 1. The van der Waals surface area contributed by atoms with E-state index in [1.807, 2.05) is 24.3 Å². The van der Waals surface area contributed by atoms with Crippen molar-refractivity contribution < 1.29 is 9.59 Å². The summed E-state index contributed by atoms with van der Waals surface area (Å²) in [6.07, 6.45) is 0.720. The van der Waals surface area contributed by atoms with Crippen molar-refractivity contribution in [3.8, 4) is 0 Å². The molecule has 0 aliphatic carbocycles. The number of carbonyl (C=O) groups excluding carboxylic acids is 2. The van der Waals surface area contributed by atoms with E-state index in [1.165, 1.54) is 4.90 Å². The van der Waals surface area contributed by atoms with Gasteiger partial charge in [-0.05, 0) is 24.1 Å². The number of nitrogens with zero attached hydrogens (tertiary/aromatic N) is 1. The number of amides is 3. The molecule has 1 aliphatic rings. The Morgan fingerprint density at radius 1 is 1.25 bits per heavy atom. The summed E-state index contributed by atoms with van der Waals surface area (Å²) in [4.78, 5) is 23.7. The molecule has 2 rings (SSSR count). The molecule has 1 N–H and O–H groups in total. The van der Waals surface area contributed by atoms with Crippen LogP contribution in [0.15, 0.2) is 24.3 Å². The highest BCUT2D eigenvalue weighted by Crippen LogP contribution is 2.10. The maximum Gasteiger partial charge on any atom is 0.324 e. The Bertz CT molecular complexity index is 416. The largest absolute Gasteiger partial charge is 0.324 e. The second-order valence-corrected chi connectivity index (χ2v) is 4.09. The molecule has 1 saturated heterocycles. The summed E-state index contributed by atoms with van der Waals surface area (Å²) in [5.41, 5.74) is 1.09. The Balaban J connectivity index is 1.90.